The van der Waals surface area contributed by atoms with E-state index < -0.39 is 0 Å². The maximum Gasteiger partial charge on any atom is 0.182 e. The third-order valence-electron chi connectivity index (χ3n) is 3.23. The maximum atomic E-state index is 6.07. The number of benzene rings is 2. The van der Waals surface area contributed by atoms with Crippen molar-refractivity contribution in [1.29, 1.82) is 0 Å². The summed E-state index contributed by atoms with van der Waals surface area (Å²) in [6, 6.07) is 11.8. The average Bonchev–Trinajstić information content (AvgIpc) is 2.75. The molecule has 102 valence electrons. The molecule has 3 rings (SSSR count). The summed E-state index contributed by atoms with van der Waals surface area (Å²) in [5.41, 5.74) is 4.16. The Balaban J connectivity index is 2.31. The van der Waals surface area contributed by atoms with Gasteiger partial charge < -0.3 is 9.72 Å². The van der Waals surface area contributed by atoms with Crippen LogP contribution in [0.3, 0.4) is 0 Å². The van der Waals surface area contributed by atoms with Gasteiger partial charge in [0.1, 0.15) is 5.75 Å². The van der Waals surface area contributed by atoms with E-state index in [-0.39, 0.29) is 0 Å². The highest BCUT2D eigenvalue weighted by Gasteiger charge is 2.09. The van der Waals surface area contributed by atoms with Gasteiger partial charge in [-0.2, -0.15) is 0 Å². The van der Waals surface area contributed by atoms with Crippen LogP contribution in [0.5, 0.6) is 5.75 Å². The highest BCUT2D eigenvalue weighted by molar-refractivity contribution is 7.71. The number of halogens is 1. The van der Waals surface area contributed by atoms with Crippen molar-refractivity contribution in [3.8, 4) is 11.4 Å². The second-order valence-electron chi connectivity index (χ2n) is 4.61. The smallest absolute Gasteiger partial charge is 0.182 e. The monoisotopic (exact) mass is 304 g/mol. The molecule has 0 aliphatic rings. The third-order valence-corrected chi connectivity index (χ3v) is 3.83. The number of H-pyrrole nitrogens is 1. The zero-order valence-electron chi connectivity index (χ0n) is 11.1. The summed E-state index contributed by atoms with van der Waals surface area (Å²) in [4.78, 5) is 3.21. The number of methoxy groups -OCH3 is 1. The van der Waals surface area contributed by atoms with Gasteiger partial charge in [0, 0.05) is 6.07 Å². The fraction of sp³-hybridized carbons (Fsp3) is 0.133. The number of nitrogens with zero attached hydrogens (tertiary/aromatic N) is 1. The predicted molar refractivity (Wildman–Crippen MR) is 84.8 cm³/mol. The first kappa shape index (κ1) is 13.2. The molecule has 0 saturated carbocycles. The quantitative estimate of drug-likeness (QED) is 0.698. The number of hydrogen-bond donors (Lipinski definition) is 1. The minimum absolute atomic E-state index is 0.582. The van der Waals surface area contributed by atoms with Crippen LogP contribution >= 0.6 is 23.8 Å². The lowest BCUT2D eigenvalue weighted by atomic mass is 10.2. The van der Waals surface area contributed by atoms with Crippen LogP contribution in [-0.2, 0) is 0 Å². The molecule has 0 atom stereocenters. The Bertz CT molecular complexity index is 851. The largest absolute Gasteiger partial charge is 0.495 e. The average molecular weight is 305 g/mol. The van der Waals surface area contributed by atoms with Crippen molar-refractivity contribution in [3.63, 3.8) is 0 Å². The molecule has 0 fully saturated rings. The number of aryl methyl sites for hydroxylation is 1. The Kier molecular flexibility index (Phi) is 3.28. The van der Waals surface area contributed by atoms with Crippen LogP contribution < -0.4 is 4.74 Å². The number of ether oxygens (including phenoxy) is 1. The molecule has 3 aromatic rings. The standard InChI is InChI=1S/C15H13ClN2OS/c1-9-3-6-12-13(7-9)18(15(20)17-12)10-4-5-11(16)14(8-10)19-2/h3-8H,1-2H3,(H,17,20). The first-order valence-electron chi connectivity index (χ1n) is 6.15. The summed E-state index contributed by atoms with van der Waals surface area (Å²) >= 11 is 11.5. The van der Waals surface area contributed by atoms with E-state index in [0.717, 1.165) is 16.7 Å². The van der Waals surface area contributed by atoms with Gasteiger partial charge in [0.15, 0.2) is 4.77 Å². The summed E-state index contributed by atoms with van der Waals surface area (Å²) in [5, 5.41) is 0.582. The number of rotatable bonds is 2. The minimum atomic E-state index is 0.582. The number of imidazole rings is 1. The lowest BCUT2D eigenvalue weighted by Gasteiger charge is -2.08. The first-order valence-corrected chi connectivity index (χ1v) is 6.94. The molecule has 0 radical (unpaired) electrons. The lowest BCUT2D eigenvalue weighted by Crippen LogP contribution is -1.95. The summed E-state index contributed by atoms with van der Waals surface area (Å²) in [7, 11) is 1.60. The molecular weight excluding hydrogens is 292 g/mol. The van der Waals surface area contributed by atoms with Crippen LogP contribution in [0.25, 0.3) is 16.7 Å². The first-order chi connectivity index (χ1) is 9.60. The van der Waals surface area contributed by atoms with Gasteiger partial charge in [0.2, 0.25) is 0 Å². The molecule has 20 heavy (non-hydrogen) atoms. The van der Waals surface area contributed by atoms with Crippen LogP contribution in [0.1, 0.15) is 5.56 Å². The molecule has 1 aromatic heterocycles. The highest BCUT2D eigenvalue weighted by Crippen LogP contribution is 2.29. The van der Waals surface area contributed by atoms with Crippen LogP contribution in [0, 0.1) is 11.7 Å². The third kappa shape index (κ3) is 2.11. The van der Waals surface area contributed by atoms with Gasteiger partial charge in [0.25, 0.3) is 0 Å². The number of aromatic nitrogens is 2. The van der Waals surface area contributed by atoms with E-state index in [4.69, 9.17) is 28.6 Å². The number of nitrogens with one attached hydrogen (secondary N) is 1. The molecule has 1 heterocycles. The second kappa shape index (κ2) is 4.96. The topological polar surface area (TPSA) is 29.9 Å². The summed E-state index contributed by atoms with van der Waals surface area (Å²) < 4.78 is 7.90. The van der Waals surface area contributed by atoms with Crippen LogP contribution in [0.15, 0.2) is 36.4 Å². The van der Waals surface area contributed by atoms with Gasteiger partial charge in [-0.3, -0.25) is 4.57 Å². The van der Waals surface area contributed by atoms with E-state index in [9.17, 15) is 0 Å². The van der Waals surface area contributed by atoms with Crippen LogP contribution in [0.2, 0.25) is 5.02 Å². The normalized spacial score (nSPS) is 10.9. The van der Waals surface area contributed by atoms with E-state index in [1.165, 1.54) is 5.56 Å². The maximum absolute atomic E-state index is 6.07. The summed E-state index contributed by atoms with van der Waals surface area (Å²) in [6.45, 7) is 2.06. The van der Waals surface area contributed by atoms with Gasteiger partial charge in [-0.05, 0) is 49.0 Å². The van der Waals surface area contributed by atoms with Gasteiger partial charge in [0.05, 0.1) is 28.9 Å². The van der Waals surface area contributed by atoms with Crippen molar-refractivity contribution in [1.82, 2.24) is 9.55 Å². The lowest BCUT2D eigenvalue weighted by molar-refractivity contribution is 0.415. The van der Waals surface area contributed by atoms with Crippen LogP contribution in [-0.4, -0.2) is 16.7 Å². The molecule has 0 saturated heterocycles. The predicted octanol–water partition coefficient (Wildman–Crippen LogP) is 4.66. The van der Waals surface area contributed by atoms with Crippen LogP contribution in [0.4, 0.5) is 0 Å². The molecule has 0 aliphatic carbocycles. The van der Waals surface area contributed by atoms with E-state index >= 15 is 0 Å². The molecule has 3 nitrogen and oxygen atoms in total. The Hall–Kier alpha value is -1.78. The molecule has 0 unspecified atom stereocenters. The molecule has 1 N–H and O–H groups in total. The Morgan fingerprint density at radius 2 is 2.00 bits per heavy atom. The van der Waals surface area contributed by atoms with Crippen molar-refractivity contribution in [2.75, 3.05) is 7.11 Å². The van der Waals surface area contributed by atoms with E-state index in [2.05, 4.69) is 24.0 Å². The van der Waals surface area contributed by atoms with E-state index in [1.807, 2.05) is 28.8 Å². The number of aromatic amines is 1. The minimum Gasteiger partial charge on any atom is -0.495 e. The Labute approximate surface area is 126 Å². The molecule has 0 bridgehead atoms. The molecule has 2 aromatic carbocycles. The second-order valence-corrected chi connectivity index (χ2v) is 5.40. The van der Waals surface area contributed by atoms with Crippen molar-refractivity contribution >= 4 is 34.9 Å². The summed E-state index contributed by atoms with van der Waals surface area (Å²) in [5.74, 6) is 0.632. The van der Waals surface area contributed by atoms with Gasteiger partial charge >= 0.3 is 0 Å². The highest BCUT2D eigenvalue weighted by atomic mass is 35.5. The van der Waals surface area contributed by atoms with Gasteiger partial charge in [-0.1, -0.05) is 17.7 Å². The molecule has 0 spiro atoms. The van der Waals surface area contributed by atoms with Crippen molar-refractivity contribution < 1.29 is 4.74 Å². The fourth-order valence-corrected chi connectivity index (χ4v) is 2.77. The molecule has 0 amide bonds. The molecule has 5 heteroatoms. The van der Waals surface area contributed by atoms with Crippen molar-refractivity contribution in [2.45, 2.75) is 6.92 Å². The van der Waals surface area contributed by atoms with E-state index in [1.54, 1.807) is 7.11 Å². The number of fused-ring (bicyclic) bond motifs is 1. The van der Waals surface area contributed by atoms with Gasteiger partial charge in [-0.15, -0.1) is 0 Å². The number of hydrogen-bond acceptors (Lipinski definition) is 2. The SMILES string of the molecule is COc1cc(-n2c(=S)[nH]c3ccc(C)cc32)ccc1Cl. The fourth-order valence-electron chi connectivity index (χ4n) is 2.26. The summed E-state index contributed by atoms with van der Waals surface area (Å²) in [6.07, 6.45) is 0. The zero-order chi connectivity index (χ0) is 14.3. The Morgan fingerprint density at radius 3 is 2.75 bits per heavy atom. The van der Waals surface area contributed by atoms with Gasteiger partial charge in [-0.25, -0.2) is 0 Å². The van der Waals surface area contributed by atoms with Crippen molar-refractivity contribution in [3.05, 3.63) is 51.8 Å². The van der Waals surface area contributed by atoms with E-state index in [0.29, 0.717) is 15.5 Å². The molecular formula is C15H13ClN2OS. The zero-order valence-corrected chi connectivity index (χ0v) is 12.7. The van der Waals surface area contributed by atoms with Crippen molar-refractivity contribution in [2.24, 2.45) is 0 Å². The Morgan fingerprint density at radius 1 is 1.20 bits per heavy atom. The molecule has 0 aliphatic heterocycles.